The Hall–Kier alpha value is -1.62. The van der Waals surface area contributed by atoms with E-state index in [9.17, 15) is 4.39 Å². The van der Waals surface area contributed by atoms with E-state index in [1.807, 2.05) is 6.07 Å². The number of benzene rings is 1. The minimum Gasteiger partial charge on any atom is -0.206 e. The molecular weight excluding hydrogens is 153 g/mol. The second-order valence-electron chi connectivity index (χ2n) is 2.45. The van der Waals surface area contributed by atoms with Gasteiger partial charge in [-0.05, 0) is 24.1 Å². The van der Waals surface area contributed by atoms with Gasteiger partial charge >= 0.3 is 0 Å². The van der Waals surface area contributed by atoms with Crippen molar-refractivity contribution in [1.29, 1.82) is 5.26 Å². The Balaban J connectivity index is 3.46. The van der Waals surface area contributed by atoms with Gasteiger partial charge in [0.25, 0.3) is 0 Å². The van der Waals surface area contributed by atoms with Gasteiger partial charge in [-0.2, -0.15) is 5.26 Å². The van der Waals surface area contributed by atoms with Crippen molar-refractivity contribution in [3.05, 3.63) is 41.2 Å². The zero-order valence-corrected chi connectivity index (χ0v) is 6.76. The number of nitrogens with zero attached hydrogens (tertiary/aromatic N) is 1. The molecule has 0 aliphatic heterocycles. The van der Waals surface area contributed by atoms with Gasteiger partial charge in [0, 0.05) is 0 Å². The molecule has 0 aliphatic rings. The molecule has 0 atom stereocenters. The highest BCUT2D eigenvalue weighted by Crippen LogP contribution is 2.17. The highest BCUT2D eigenvalue weighted by molar-refractivity contribution is 5.56. The van der Waals surface area contributed by atoms with Crippen LogP contribution in [0.5, 0.6) is 0 Å². The number of hydrogen-bond donors (Lipinski definition) is 0. The van der Waals surface area contributed by atoms with Crippen molar-refractivity contribution in [2.75, 3.05) is 0 Å². The van der Waals surface area contributed by atoms with Crippen LogP contribution < -0.4 is 0 Å². The maximum Gasteiger partial charge on any atom is 0.141 e. The Bertz CT molecular complexity index is 361. The molecule has 0 fully saturated rings. The summed E-state index contributed by atoms with van der Waals surface area (Å²) in [5.74, 6) is -0.472. The summed E-state index contributed by atoms with van der Waals surface area (Å²) < 4.78 is 12.9. The Kier molecular flexibility index (Phi) is 2.25. The quantitative estimate of drug-likeness (QED) is 0.621. The van der Waals surface area contributed by atoms with Crippen LogP contribution in [0.15, 0.2) is 18.7 Å². The largest absolute Gasteiger partial charge is 0.206 e. The Morgan fingerprint density at radius 3 is 2.75 bits per heavy atom. The maximum absolute atomic E-state index is 12.9. The van der Waals surface area contributed by atoms with Crippen LogP contribution in [-0.2, 0) is 0 Å². The van der Waals surface area contributed by atoms with Crippen LogP contribution >= 0.6 is 0 Å². The lowest BCUT2D eigenvalue weighted by Crippen LogP contribution is -1.91. The molecule has 12 heavy (non-hydrogen) atoms. The SMILES string of the molecule is C=Cc1ccc(F)c(C#N)c1C. The van der Waals surface area contributed by atoms with Crippen molar-refractivity contribution in [3.63, 3.8) is 0 Å². The van der Waals surface area contributed by atoms with Gasteiger partial charge in [0.1, 0.15) is 11.9 Å². The van der Waals surface area contributed by atoms with Gasteiger partial charge in [0.15, 0.2) is 0 Å². The van der Waals surface area contributed by atoms with E-state index in [4.69, 9.17) is 5.26 Å². The summed E-state index contributed by atoms with van der Waals surface area (Å²) in [7, 11) is 0. The third-order valence-corrected chi connectivity index (χ3v) is 1.79. The van der Waals surface area contributed by atoms with Crippen molar-refractivity contribution in [3.8, 4) is 6.07 Å². The van der Waals surface area contributed by atoms with Gasteiger partial charge in [-0.1, -0.05) is 18.7 Å². The first-order chi connectivity index (χ1) is 5.70. The van der Waals surface area contributed by atoms with Crippen molar-refractivity contribution in [2.24, 2.45) is 0 Å². The summed E-state index contributed by atoms with van der Waals surface area (Å²) in [6, 6.07) is 4.71. The normalized spacial score (nSPS) is 9.08. The molecule has 0 aromatic heterocycles. The van der Waals surface area contributed by atoms with Gasteiger partial charge in [-0.25, -0.2) is 4.39 Å². The third-order valence-electron chi connectivity index (χ3n) is 1.79. The molecule has 60 valence electrons. The predicted molar refractivity (Wildman–Crippen MR) is 45.9 cm³/mol. The zero-order valence-electron chi connectivity index (χ0n) is 6.76. The van der Waals surface area contributed by atoms with Crippen LogP contribution in [0, 0.1) is 24.1 Å². The second-order valence-corrected chi connectivity index (χ2v) is 2.45. The van der Waals surface area contributed by atoms with E-state index >= 15 is 0 Å². The highest BCUT2D eigenvalue weighted by Gasteiger charge is 2.06. The maximum atomic E-state index is 12.9. The first-order valence-corrected chi connectivity index (χ1v) is 3.52. The molecule has 0 amide bonds. The minimum atomic E-state index is -0.472. The molecule has 0 bridgehead atoms. The fourth-order valence-electron chi connectivity index (χ4n) is 1.05. The lowest BCUT2D eigenvalue weighted by atomic mass is 10.0. The van der Waals surface area contributed by atoms with E-state index in [0.29, 0.717) is 5.56 Å². The van der Waals surface area contributed by atoms with Crippen molar-refractivity contribution >= 4 is 6.08 Å². The average molecular weight is 161 g/mol. The molecule has 0 radical (unpaired) electrons. The van der Waals surface area contributed by atoms with Crippen LogP contribution in [0.2, 0.25) is 0 Å². The summed E-state index contributed by atoms with van der Waals surface area (Å²) >= 11 is 0. The zero-order chi connectivity index (χ0) is 9.14. The Morgan fingerprint density at radius 1 is 1.58 bits per heavy atom. The lowest BCUT2D eigenvalue weighted by molar-refractivity contribution is 0.622. The molecule has 0 spiro atoms. The minimum absolute atomic E-state index is 0.104. The van der Waals surface area contributed by atoms with E-state index in [-0.39, 0.29) is 5.56 Å². The predicted octanol–water partition coefficient (Wildman–Crippen LogP) is 2.65. The summed E-state index contributed by atoms with van der Waals surface area (Å²) in [5, 5.41) is 8.59. The smallest absolute Gasteiger partial charge is 0.141 e. The number of halogens is 1. The van der Waals surface area contributed by atoms with E-state index in [1.54, 1.807) is 19.1 Å². The third kappa shape index (κ3) is 1.22. The van der Waals surface area contributed by atoms with Gasteiger partial charge in [0.2, 0.25) is 0 Å². The first-order valence-electron chi connectivity index (χ1n) is 3.52. The number of hydrogen-bond acceptors (Lipinski definition) is 1. The molecule has 0 saturated carbocycles. The van der Waals surface area contributed by atoms with Crippen molar-refractivity contribution in [2.45, 2.75) is 6.92 Å². The van der Waals surface area contributed by atoms with Crippen LogP contribution in [-0.4, -0.2) is 0 Å². The second kappa shape index (κ2) is 3.19. The summed E-state index contributed by atoms with van der Waals surface area (Å²) in [6.07, 6.45) is 1.61. The highest BCUT2D eigenvalue weighted by atomic mass is 19.1. The van der Waals surface area contributed by atoms with Crippen LogP contribution in [0.3, 0.4) is 0 Å². The fraction of sp³-hybridized carbons (Fsp3) is 0.100. The first kappa shape index (κ1) is 8.48. The van der Waals surface area contributed by atoms with E-state index < -0.39 is 5.82 Å². The molecule has 1 aromatic carbocycles. The van der Waals surface area contributed by atoms with Gasteiger partial charge in [-0.3, -0.25) is 0 Å². The average Bonchev–Trinajstić information content (AvgIpc) is 2.06. The monoisotopic (exact) mass is 161 g/mol. The summed E-state index contributed by atoms with van der Waals surface area (Å²) in [5.41, 5.74) is 1.55. The molecule has 0 aliphatic carbocycles. The van der Waals surface area contributed by atoms with Gasteiger partial charge in [-0.15, -0.1) is 0 Å². The van der Waals surface area contributed by atoms with Crippen molar-refractivity contribution in [1.82, 2.24) is 0 Å². The molecule has 1 nitrogen and oxygen atoms in total. The standard InChI is InChI=1S/C10H8FN/c1-3-8-4-5-10(11)9(6-12)7(8)2/h3-5H,1H2,2H3. The van der Waals surface area contributed by atoms with E-state index in [2.05, 4.69) is 6.58 Å². The molecular formula is C10H8FN. The number of rotatable bonds is 1. The van der Waals surface area contributed by atoms with Crippen LogP contribution in [0.4, 0.5) is 4.39 Å². The van der Waals surface area contributed by atoms with E-state index in [0.717, 1.165) is 5.56 Å². The fourth-order valence-corrected chi connectivity index (χ4v) is 1.05. The Labute approximate surface area is 70.8 Å². The lowest BCUT2D eigenvalue weighted by Gasteiger charge is -2.02. The van der Waals surface area contributed by atoms with Crippen LogP contribution in [0.25, 0.3) is 6.08 Å². The molecule has 0 heterocycles. The number of nitriles is 1. The molecule has 1 aromatic rings. The van der Waals surface area contributed by atoms with Gasteiger partial charge < -0.3 is 0 Å². The van der Waals surface area contributed by atoms with Crippen LogP contribution in [0.1, 0.15) is 16.7 Å². The van der Waals surface area contributed by atoms with Crippen molar-refractivity contribution < 1.29 is 4.39 Å². The molecule has 0 saturated heterocycles. The molecule has 2 heteroatoms. The molecule has 0 unspecified atom stereocenters. The van der Waals surface area contributed by atoms with E-state index in [1.165, 1.54) is 6.07 Å². The molecule has 1 rings (SSSR count). The molecule has 0 N–H and O–H groups in total. The summed E-state index contributed by atoms with van der Waals surface area (Å²) in [6.45, 7) is 5.27. The Morgan fingerprint density at radius 2 is 2.25 bits per heavy atom. The van der Waals surface area contributed by atoms with Gasteiger partial charge in [0.05, 0.1) is 5.56 Å². The topological polar surface area (TPSA) is 23.8 Å². The summed E-state index contributed by atoms with van der Waals surface area (Å²) in [4.78, 5) is 0.